The molecule has 2 heterocycles. The number of hydrogen-bond acceptors (Lipinski definition) is 2. The molecular weight excluding hydrogens is 286 g/mol. The van der Waals surface area contributed by atoms with Crippen LogP contribution in [0.4, 0.5) is 0 Å². The first kappa shape index (κ1) is 16.3. The molecule has 23 heavy (non-hydrogen) atoms. The van der Waals surface area contributed by atoms with Gasteiger partial charge >= 0.3 is 0 Å². The molecule has 0 unspecified atom stereocenters. The van der Waals surface area contributed by atoms with Gasteiger partial charge in [0, 0.05) is 25.1 Å². The lowest BCUT2D eigenvalue weighted by Crippen LogP contribution is -2.58. The van der Waals surface area contributed by atoms with Crippen LogP contribution in [0, 0.1) is 5.92 Å². The van der Waals surface area contributed by atoms with Crippen LogP contribution >= 0.6 is 0 Å². The van der Waals surface area contributed by atoms with Crippen LogP contribution in [-0.2, 0) is 9.53 Å². The number of piperidine rings is 1. The Kier molecular flexibility index (Phi) is 4.33. The van der Waals surface area contributed by atoms with Crippen molar-refractivity contribution in [2.45, 2.75) is 51.2 Å². The van der Waals surface area contributed by atoms with Crippen molar-refractivity contribution in [2.24, 2.45) is 5.92 Å². The number of benzene rings is 1. The Labute approximate surface area is 139 Å². The lowest BCUT2D eigenvalue weighted by Gasteiger charge is -2.53. The van der Waals surface area contributed by atoms with Crippen molar-refractivity contribution in [3.05, 3.63) is 42.0 Å². The molecule has 0 N–H and O–H groups in total. The van der Waals surface area contributed by atoms with Gasteiger partial charge in [0.25, 0.3) is 0 Å². The molecule has 1 amide bonds. The first-order chi connectivity index (χ1) is 10.9. The van der Waals surface area contributed by atoms with E-state index < -0.39 is 0 Å². The van der Waals surface area contributed by atoms with Gasteiger partial charge in [-0.25, -0.2) is 0 Å². The van der Waals surface area contributed by atoms with Crippen molar-refractivity contribution >= 4 is 12.0 Å². The first-order valence-corrected chi connectivity index (χ1v) is 8.60. The van der Waals surface area contributed by atoms with Crippen LogP contribution in [0.15, 0.2) is 36.4 Å². The van der Waals surface area contributed by atoms with E-state index in [1.54, 1.807) is 6.08 Å². The van der Waals surface area contributed by atoms with Crippen LogP contribution in [0.25, 0.3) is 6.08 Å². The van der Waals surface area contributed by atoms with Gasteiger partial charge in [-0.1, -0.05) is 30.3 Å². The number of carbonyl (C=O) groups excluding carboxylic acids is 1. The van der Waals surface area contributed by atoms with Crippen LogP contribution in [0.3, 0.4) is 0 Å². The van der Waals surface area contributed by atoms with Gasteiger partial charge in [0.05, 0.1) is 11.2 Å². The molecule has 2 aliphatic heterocycles. The highest BCUT2D eigenvalue weighted by atomic mass is 16.5. The lowest BCUT2D eigenvalue weighted by molar-refractivity contribution is -0.213. The molecule has 0 saturated carbocycles. The fraction of sp³-hybridized carbons (Fsp3) is 0.550. The summed E-state index contributed by atoms with van der Waals surface area (Å²) in [6, 6.07) is 9.96. The summed E-state index contributed by atoms with van der Waals surface area (Å²) in [6.07, 6.45) is 6.72. The zero-order chi connectivity index (χ0) is 16.5. The zero-order valence-corrected chi connectivity index (χ0v) is 14.4. The number of carbonyl (C=O) groups is 1. The van der Waals surface area contributed by atoms with E-state index >= 15 is 0 Å². The molecule has 0 radical (unpaired) electrons. The van der Waals surface area contributed by atoms with Crippen molar-refractivity contribution in [2.75, 3.05) is 13.1 Å². The predicted molar refractivity (Wildman–Crippen MR) is 93.0 cm³/mol. The number of hydrogen-bond donors (Lipinski definition) is 0. The Morgan fingerprint density at radius 1 is 1.22 bits per heavy atom. The Balaban J connectivity index is 1.63. The molecule has 1 aromatic rings. The molecule has 3 nitrogen and oxygen atoms in total. The Morgan fingerprint density at radius 2 is 1.96 bits per heavy atom. The van der Waals surface area contributed by atoms with E-state index in [9.17, 15) is 4.79 Å². The number of ether oxygens (including phenoxy) is 1. The summed E-state index contributed by atoms with van der Waals surface area (Å²) in [7, 11) is 0. The highest BCUT2D eigenvalue weighted by Gasteiger charge is 2.47. The number of fused-ring (bicyclic) bond motifs is 1. The Bertz CT molecular complexity index is 593. The summed E-state index contributed by atoms with van der Waals surface area (Å²) in [5.74, 6) is 0.555. The molecule has 0 bridgehead atoms. The lowest BCUT2D eigenvalue weighted by atomic mass is 9.74. The summed E-state index contributed by atoms with van der Waals surface area (Å²) in [6.45, 7) is 8.16. The fourth-order valence-electron chi connectivity index (χ4n) is 3.88. The molecule has 0 aromatic heterocycles. The number of nitrogens with zero attached hydrogens (tertiary/aromatic N) is 1. The molecule has 2 saturated heterocycles. The van der Waals surface area contributed by atoms with Gasteiger partial charge < -0.3 is 9.64 Å². The van der Waals surface area contributed by atoms with Crippen molar-refractivity contribution in [3.63, 3.8) is 0 Å². The largest absolute Gasteiger partial charge is 0.369 e. The molecule has 0 spiro atoms. The number of likely N-dealkylation sites (tertiary alicyclic amines) is 1. The average Bonchev–Trinajstić information content (AvgIpc) is 2.51. The van der Waals surface area contributed by atoms with Gasteiger partial charge in [0.15, 0.2) is 0 Å². The quantitative estimate of drug-likeness (QED) is 0.775. The third kappa shape index (κ3) is 3.66. The van der Waals surface area contributed by atoms with Gasteiger partial charge in [-0.3, -0.25) is 4.79 Å². The van der Waals surface area contributed by atoms with E-state index in [2.05, 4.69) is 20.8 Å². The van der Waals surface area contributed by atoms with Crippen LogP contribution < -0.4 is 0 Å². The van der Waals surface area contributed by atoms with Crippen molar-refractivity contribution in [1.29, 1.82) is 0 Å². The highest BCUT2D eigenvalue weighted by molar-refractivity contribution is 5.91. The summed E-state index contributed by atoms with van der Waals surface area (Å²) in [5, 5.41) is 0. The molecule has 3 heteroatoms. The van der Waals surface area contributed by atoms with E-state index in [0.717, 1.165) is 37.9 Å². The molecule has 1 aromatic carbocycles. The minimum atomic E-state index is -0.0817. The van der Waals surface area contributed by atoms with Crippen LogP contribution in [0.1, 0.15) is 45.6 Å². The number of rotatable bonds is 2. The second kappa shape index (κ2) is 6.12. The standard InChI is InChI=1S/C20H27NO2/c1-19(2)12-11-17-15-21(14-13-20(17,3)23-19)18(22)10-9-16-7-5-4-6-8-16/h4-10,17H,11-15H2,1-3H3/b10-9+/t17-,20+/m0/s1. The maximum absolute atomic E-state index is 12.5. The van der Waals surface area contributed by atoms with Crippen molar-refractivity contribution < 1.29 is 9.53 Å². The Morgan fingerprint density at radius 3 is 2.70 bits per heavy atom. The van der Waals surface area contributed by atoms with E-state index in [-0.39, 0.29) is 17.1 Å². The molecule has 2 atom stereocenters. The number of amides is 1. The Hall–Kier alpha value is -1.61. The van der Waals surface area contributed by atoms with Gasteiger partial charge in [-0.15, -0.1) is 0 Å². The molecule has 2 aliphatic rings. The second-order valence-electron chi connectivity index (χ2n) is 7.69. The van der Waals surface area contributed by atoms with Crippen molar-refractivity contribution in [1.82, 2.24) is 4.90 Å². The topological polar surface area (TPSA) is 29.5 Å². The third-order valence-corrected chi connectivity index (χ3v) is 5.32. The highest BCUT2D eigenvalue weighted by Crippen LogP contribution is 2.43. The SMILES string of the molecule is CC1(C)CC[C@H]2CN(C(=O)/C=C/c3ccccc3)CC[C@@]2(C)O1. The minimum absolute atomic E-state index is 0.0371. The van der Waals surface area contributed by atoms with E-state index in [1.165, 1.54) is 0 Å². The summed E-state index contributed by atoms with van der Waals surface area (Å²) < 4.78 is 6.37. The van der Waals surface area contributed by atoms with Gasteiger partial charge in [-0.05, 0) is 51.7 Å². The molecule has 0 aliphatic carbocycles. The van der Waals surface area contributed by atoms with Gasteiger partial charge in [0.2, 0.25) is 5.91 Å². The predicted octanol–water partition coefficient (Wildman–Crippen LogP) is 3.90. The fourth-order valence-corrected chi connectivity index (χ4v) is 3.88. The molecule has 124 valence electrons. The monoisotopic (exact) mass is 313 g/mol. The first-order valence-electron chi connectivity index (χ1n) is 8.60. The molecule has 2 fully saturated rings. The summed E-state index contributed by atoms with van der Waals surface area (Å²) in [4.78, 5) is 14.5. The van der Waals surface area contributed by atoms with E-state index in [1.807, 2.05) is 41.3 Å². The van der Waals surface area contributed by atoms with Gasteiger partial charge in [-0.2, -0.15) is 0 Å². The van der Waals surface area contributed by atoms with Crippen LogP contribution in [-0.4, -0.2) is 35.1 Å². The normalized spacial score (nSPS) is 30.2. The summed E-state index contributed by atoms with van der Waals surface area (Å²) in [5.41, 5.74) is 0.942. The van der Waals surface area contributed by atoms with Crippen LogP contribution in [0.5, 0.6) is 0 Å². The van der Waals surface area contributed by atoms with Crippen LogP contribution in [0.2, 0.25) is 0 Å². The maximum atomic E-state index is 12.5. The smallest absolute Gasteiger partial charge is 0.246 e. The van der Waals surface area contributed by atoms with Crippen molar-refractivity contribution in [3.8, 4) is 0 Å². The second-order valence-corrected chi connectivity index (χ2v) is 7.69. The molecule has 3 rings (SSSR count). The average molecular weight is 313 g/mol. The minimum Gasteiger partial charge on any atom is -0.369 e. The zero-order valence-electron chi connectivity index (χ0n) is 14.4. The molecular formula is C20H27NO2. The summed E-state index contributed by atoms with van der Waals surface area (Å²) >= 11 is 0. The van der Waals surface area contributed by atoms with E-state index in [0.29, 0.717) is 5.92 Å². The third-order valence-electron chi connectivity index (χ3n) is 5.32. The maximum Gasteiger partial charge on any atom is 0.246 e. The van der Waals surface area contributed by atoms with Gasteiger partial charge in [0.1, 0.15) is 0 Å². The van der Waals surface area contributed by atoms with E-state index in [4.69, 9.17) is 4.74 Å².